The summed E-state index contributed by atoms with van der Waals surface area (Å²) >= 11 is 0. The maximum Gasteiger partial charge on any atom is 0.227 e. The molecule has 2 aliphatic rings. The molecule has 1 aliphatic heterocycles. The first-order chi connectivity index (χ1) is 15.3. The Bertz CT molecular complexity index is 1050. The highest BCUT2D eigenvalue weighted by Gasteiger charge is 2.28. The number of carbonyl (C=O) groups excluding carboxylic acids is 2. The second kappa shape index (κ2) is 9.27. The number of hydrogen-bond acceptors (Lipinski definition) is 4. The van der Waals surface area contributed by atoms with E-state index in [1.807, 2.05) is 24.3 Å². The first kappa shape index (κ1) is 22.3. The highest BCUT2D eigenvalue weighted by atomic mass is 16.5. The maximum absolute atomic E-state index is 13.2. The Morgan fingerprint density at radius 2 is 1.88 bits per heavy atom. The van der Waals surface area contributed by atoms with Gasteiger partial charge < -0.3 is 10.1 Å². The molecular weight excluding hydrogens is 400 g/mol. The molecule has 1 fully saturated rings. The number of amides is 1. The standard InChI is InChI=1S/C27H32N2O3/c1-27(2)17-20-12-13-22(32-3)15-23(20)24(29-27)16-25(30)19-10-7-11-21(14-19)28-26(31)18-8-5-4-6-9-18/h7,10-15,18H,4-6,8-9,16-17H2,1-3H3,(H,28,31). The quantitative estimate of drug-likeness (QED) is 0.603. The minimum Gasteiger partial charge on any atom is -0.497 e. The van der Waals surface area contributed by atoms with Crippen molar-refractivity contribution in [2.75, 3.05) is 12.4 Å². The van der Waals surface area contributed by atoms with Gasteiger partial charge in [0, 0.05) is 22.7 Å². The Balaban J connectivity index is 1.52. The third-order valence-electron chi connectivity index (χ3n) is 6.44. The fourth-order valence-electron chi connectivity index (χ4n) is 4.80. The van der Waals surface area contributed by atoms with Gasteiger partial charge in [-0.25, -0.2) is 0 Å². The molecule has 0 aromatic heterocycles. The van der Waals surface area contributed by atoms with Crippen molar-refractivity contribution < 1.29 is 14.3 Å². The number of aliphatic imine (C=N–C) groups is 1. The Kier molecular flexibility index (Phi) is 6.45. The molecule has 2 aromatic rings. The molecule has 5 nitrogen and oxygen atoms in total. The first-order valence-electron chi connectivity index (χ1n) is 11.5. The predicted octanol–water partition coefficient (Wildman–Crippen LogP) is 5.61. The maximum atomic E-state index is 13.2. The topological polar surface area (TPSA) is 67.8 Å². The molecule has 1 amide bonds. The van der Waals surface area contributed by atoms with Crippen molar-refractivity contribution in [3.8, 4) is 5.75 Å². The van der Waals surface area contributed by atoms with Crippen LogP contribution < -0.4 is 10.1 Å². The van der Waals surface area contributed by atoms with Gasteiger partial charge in [0.2, 0.25) is 5.91 Å². The van der Waals surface area contributed by atoms with Gasteiger partial charge in [-0.2, -0.15) is 0 Å². The molecule has 1 heterocycles. The molecule has 0 radical (unpaired) electrons. The minimum atomic E-state index is -0.257. The van der Waals surface area contributed by atoms with Crippen LogP contribution in [-0.4, -0.2) is 30.1 Å². The number of methoxy groups -OCH3 is 1. The van der Waals surface area contributed by atoms with Crippen LogP contribution in [0.2, 0.25) is 0 Å². The number of rotatable bonds is 6. The number of ketones is 1. The van der Waals surface area contributed by atoms with Gasteiger partial charge in [0.05, 0.1) is 24.8 Å². The second-order valence-electron chi connectivity index (χ2n) is 9.58. The van der Waals surface area contributed by atoms with E-state index in [1.54, 1.807) is 19.2 Å². The zero-order valence-corrected chi connectivity index (χ0v) is 19.2. The second-order valence-corrected chi connectivity index (χ2v) is 9.58. The predicted molar refractivity (Wildman–Crippen MR) is 128 cm³/mol. The number of ether oxygens (including phenoxy) is 1. The molecule has 32 heavy (non-hydrogen) atoms. The lowest BCUT2D eigenvalue weighted by molar-refractivity contribution is -0.120. The fourth-order valence-corrected chi connectivity index (χ4v) is 4.80. The van der Waals surface area contributed by atoms with Crippen molar-refractivity contribution in [2.45, 2.75) is 64.3 Å². The summed E-state index contributed by atoms with van der Waals surface area (Å²) in [7, 11) is 1.64. The summed E-state index contributed by atoms with van der Waals surface area (Å²) < 4.78 is 5.39. The summed E-state index contributed by atoms with van der Waals surface area (Å²) in [6.07, 6.45) is 6.37. The Labute approximate surface area is 190 Å². The molecule has 0 spiro atoms. The van der Waals surface area contributed by atoms with Gasteiger partial charge in [-0.1, -0.05) is 37.5 Å². The van der Waals surface area contributed by atoms with Crippen LogP contribution in [0, 0.1) is 5.92 Å². The Morgan fingerprint density at radius 3 is 2.62 bits per heavy atom. The van der Waals surface area contributed by atoms with Gasteiger partial charge in [0.1, 0.15) is 5.75 Å². The van der Waals surface area contributed by atoms with E-state index in [9.17, 15) is 9.59 Å². The molecular formula is C27H32N2O3. The van der Waals surface area contributed by atoms with Crippen molar-refractivity contribution in [2.24, 2.45) is 10.9 Å². The van der Waals surface area contributed by atoms with Crippen molar-refractivity contribution in [1.29, 1.82) is 0 Å². The molecule has 0 unspecified atom stereocenters. The third-order valence-corrected chi connectivity index (χ3v) is 6.44. The van der Waals surface area contributed by atoms with E-state index in [2.05, 4.69) is 25.2 Å². The summed E-state index contributed by atoms with van der Waals surface area (Å²) in [4.78, 5) is 30.7. The van der Waals surface area contributed by atoms with Crippen molar-refractivity contribution >= 4 is 23.1 Å². The van der Waals surface area contributed by atoms with Gasteiger partial charge in [0.25, 0.3) is 0 Å². The highest BCUT2D eigenvalue weighted by molar-refractivity contribution is 6.17. The lowest BCUT2D eigenvalue weighted by Gasteiger charge is -2.29. The first-order valence-corrected chi connectivity index (χ1v) is 11.5. The van der Waals surface area contributed by atoms with Crippen LogP contribution in [0.5, 0.6) is 5.75 Å². The molecule has 0 atom stereocenters. The Morgan fingerprint density at radius 1 is 1.09 bits per heavy atom. The van der Waals surface area contributed by atoms with E-state index < -0.39 is 0 Å². The average Bonchev–Trinajstić information content (AvgIpc) is 2.79. The van der Waals surface area contributed by atoms with Gasteiger partial charge in [-0.05, 0) is 62.9 Å². The van der Waals surface area contributed by atoms with Gasteiger partial charge in [-0.15, -0.1) is 0 Å². The fraction of sp³-hybridized carbons (Fsp3) is 0.444. The number of benzene rings is 2. The molecule has 1 saturated carbocycles. The average molecular weight is 433 g/mol. The van der Waals surface area contributed by atoms with Crippen molar-refractivity contribution in [1.82, 2.24) is 0 Å². The molecule has 1 aliphatic carbocycles. The smallest absolute Gasteiger partial charge is 0.227 e. The molecule has 4 rings (SSSR count). The van der Waals surface area contributed by atoms with Crippen LogP contribution in [0.4, 0.5) is 5.69 Å². The Hall–Kier alpha value is -2.95. The molecule has 1 N–H and O–H groups in total. The van der Waals surface area contributed by atoms with Crippen LogP contribution in [0.15, 0.2) is 47.5 Å². The molecule has 0 bridgehead atoms. The number of nitrogens with zero attached hydrogens (tertiary/aromatic N) is 1. The van der Waals surface area contributed by atoms with E-state index in [4.69, 9.17) is 9.73 Å². The lowest BCUT2D eigenvalue weighted by atomic mass is 9.85. The van der Waals surface area contributed by atoms with Gasteiger partial charge >= 0.3 is 0 Å². The van der Waals surface area contributed by atoms with Crippen LogP contribution in [0.25, 0.3) is 0 Å². The van der Waals surface area contributed by atoms with E-state index in [-0.39, 0.29) is 29.6 Å². The van der Waals surface area contributed by atoms with Gasteiger partial charge in [0.15, 0.2) is 5.78 Å². The van der Waals surface area contributed by atoms with Crippen molar-refractivity contribution in [3.05, 3.63) is 59.2 Å². The monoisotopic (exact) mass is 432 g/mol. The zero-order chi connectivity index (χ0) is 22.7. The molecule has 168 valence electrons. The minimum absolute atomic E-state index is 0.0102. The lowest BCUT2D eigenvalue weighted by Crippen LogP contribution is -2.30. The molecule has 5 heteroatoms. The SMILES string of the molecule is COc1ccc2c(c1)C(CC(=O)c1cccc(NC(=O)C3CCCCC3)c1)=NC(C)(C)C2. The molecule has 0 saturated heterocycles. The van der Waals surface area contributed by atoms with E-state index in [1.165, 1.54) is 12.0 Å². The van der Waals surface area contributed by atoms with E-state index >= 15 is 0 Å². The van der Waals surface area contributed by atoms with Crippen LogP contribution in [0.3, 0.4) is 0 Å². The highest BCUT2D eigenvalue weighted by Crippen LogP contribution is 2.31. The number of fused-ring (bicyclic) bond motifs is 1. The summed E-state index contributed by atoms with van der Waals surface area (Å²) in [5.74, 6) is 0.891. The molecule has 2 aromatic carbocycles. The largest absolute Gasteiger partial charge is 0.497 e. The summed E-state index contributed by atoms with van der Waals surface area (Å²) in [5.41, 5.74) is 3.96. The van der Waals surface area contributed by atoms with Gasteiger partial charge in [-0.3, -0.25) is 14.6 Å². The number of hydrogen-bond donors (Lipinski definition) is 1. The number of carbonyl (C=O) groups is 2. The summed E-state index contributed by atoms with van der Waals surface area (Å²) in [5, 5.41) is 3.02. The third kappa shape index (κ3) is 5.09. The number of Topliss-reactive ketones (excluding diaryl/α,β-unsaturated/α-hetero) is 1. The van der Waals surface area contributed by atoms with Crippen LogP contribution >= 0.6 is 0 Å². The summed E-state index contributed by atoms with van der Waals surface area (Å²) in [6, 6.07) is 13.3. The number of nitrogens with one attached hydrogen (secondary N) is 1. The van der Waals surface area contributed by atoms with Crippen LogP contribution in [-0.2, 0) is 11.2 Å². The van der Waals surface area contributed by atoms with Crippen molar-refractivity contribution in [3.63, 3.8) is 0 Å². The normalized spacial score (nSPS) is 17.8. The summed E-state index contributed by atoms with van der Waals surface area (Å²) in [6.45, 7) is 4.18. The van der Waals surface area contributed by atoms with E-state index in [0.29, 0.717) is 11.3 Å². The van der Waals surface area contributed by atoms with E-state index in [0.717, 1.165) is 49.1 Å². The zero-order valence-electron chi connectivity index (χ0n) is 19.2. The van der Waals surface area contributed by atoms with Crippen LogP contribution in [0.1, 0.15) is 73.9 Å². The number of anilines is 1.